The van der Waals surface area contributed by atoms with Crippen molar-refractivity contribution in [1.29, 1.82) is 0 Å². The van der Waals surface area contributed by atoms with E-state index in [1.165, 1.54) is 12.3 Å². The molecule has 0 saturated carbocycles. The van der Waals surface area contributed by atoms with E-state index in [1.54, 1.807) is 32.0 Å². The summed E-state index contributed by atoms with van der Waals surface area (Å²) in [6.07, 6.45) is 10.6. The van der Waals surface area contributed by atoms with Gasteiger partial charge >= 0.3 is 6.01 Å². The van der Waals surface area contributed by atoms with Gasteiger partial charge in [-0.25, -0.2) is 13.2 Å². The molecule has 8 nitrogen and oxygen atoms in total. The Kier molecular flexibility index (Phi) is 8.02. The highest BCUT2D eigenvalue weighted by Crippen LogP contribution is 2.42. The molecule has 5 heterocycles. The molecule has 3 fully saturated rings. The molecule has 47 heavy (non-hydrogen) atoms. The number of nitrogens with one attached hydrogen (secondary N) is 1. The summed E-state index contributed by atoms with van der Waals surface area (Å²) in [5, 5.41) is 15.6. The minimum atomic E-state index is -1.29. The van der Waals surface area contributed by atoms with Gasteiger partial charge in [-0.1, -0.05) is 12.0 Å². The van der Waals surface area contributed by atoms with E-state index in [2.05, 4.69) is 26.1 Å². The highest BCUT2D eigenvalue weighted by atomic mass is 19.1. The summed E-state index contributed by atoms with van der Waals surface area (Å²) in [5.74, 6) is 1.50. The smallest absolute Gasteiger partial charge is 0.319 e. The predicted molar refractivity (Wildman–Crippen MR) is 176 cm³/mol. The van der Waals surface area contributed by atoms with Crippen molar-refractivity contribution >= 4 is 27.5 Å². The molecule has 3 atom stereocenters. The number of hydrogen-bond donors (Lipinski definition) is 2. The maximum atomic E-state index is 17.0. The van der Waals surface area contributed by atoms with Gasteiger partial charge in [0.15, 0.2) is 5.82 Å². The fourth-order valence-electron chi connectivity index (χ4n) is 7.66. The van der Waals surface area contributed by atoms with Crippen LogP contribution in [0.15, 0.2) is 30.5 Å². The first kappa shape index (κ1) is 31.6. The van der Waals surface area contributed by atoms with E-state index in [0.717, 1.165) is 38.8 Å². The van der Waals surface area contributed by atoms with Crippen LogP contribution < -0.4 is 15.0 Å². The lowest BCUT2D eigenvalue weighted by molar-refractivity contribution is 0.0788. The van der Waals surface area contributed by atoms with Crippen molar-refractivity contribution in [2.45, 2.75) is 69.3 Å². The molecule has 0 bridgehead atoms. The number of halogens is 3. The topological polar surface area (TPSA) is 86.6 Å². The molecule has 0 radical (unpaired) electrons. The molecular formula is C36H39F3N6O2. The molecule has 0 aliphatic carbocycles. The van der Waals surface area contributed by atoms with Crippen LogP contribution in [0.25, 0.3) is 32.9 Å². The number of benzene rings is 2. The maximum Gasteiger partial charge on any atom is 0.319 e. The second-order valence-electron chi connectivity index (χ2n) is 13.8. The Balaban J connectivity index is 1.39. The number of ether oxygens (including phenoxy) is 1. The Morgan fingerprint density at radius 1 is 1.23 bits per heavy atom. The predicted octanol–water partition coefficient (Wildman–Crippen LogP) is 5.48. The highest BCUT2D eigenvalue weighted by molar-refractivity contribution is 6.02. The minimum Gasteiger partial charge on any atom is -0.461 e. The number of terminal acetylenes is 1. The van der Waals surface area contributed by atoms with Crippen LogP contribution >= 0.6 is 0 Å². The Labute approximate surface area is 272 Å². The molecule has 0 spiro atoms. The summed E-state index contributed by atoms with van der Waals surface area (Å²) in [6, 6.07) is 6.36. The molecule has 2 aromatic carbocycles. The van der Waals surface area contributed by atoms with Crippen molar-refractivity contribution in [3.8, 4) is 29.6 Å². The van der Waals surface area contributed by atoms with Crippen LogP contribution in [0.2, 0.25) is 0 Å². The summed E-state index contributed by atoms with van der Waals surface area (Å²) in [7, 11) is 1.89. The molecule has 3 saturated heterocycles. The molecule has 2 aromatic heterocycles. The minimum absolute atomic E-state index is 0.0104. The van der Waals surface area contributed by atoms with Gasteiger partial charge in [0.2, 0.25) is 0 Å². The number of fused-ring (bicyclic) bond motifs is 3. The summed E-state index contributed by atoms with van der Waals surface area (Å²) in [4.78, 5) is 18.0. The fourth-order valence-corrected chi connectivity index (χ4v) is 7.66. The van der Waals surface area contributed by atoms with Gasteiger partial charge in [-0.3, -0.25) is 9.88 Å². The van der Waals surface area contributed by atoms with E-state index in [0.29, 0.717) is 47.1 Å². The number of aromatic nitrogens is 3. The van der Waals surface area contributed by atoms with Crippen molar-refractivity contribution in [2.75, 3.05) is 44.7 Å². The molecule has 3 aliphatic heterocycles. The highest BCUT2D eigenvalue weighted by Gasteiger charge is 2.49. The zero-order valence-corrected chi connectivity index (χ0v) is 26.9. The Morgan fingerprint density at radius 2 is 2.06 bits per heavy atom. The number of nitrogens with zero attached hydrogens (tertiary/aromatic N) is 5. The normalized spacial score (nSPS) is 23.0. The van der Waals surface area contributed by atoms with Crippen molar-refractivity contribution in [3.05, 3.63) is 53.2 Å². The maximum absolute atomic E-state index is 17.0. The van der Waals surface area contributed by atoms with Crippen molar-refractivity contribution in [1.82, 2.24) is 25.2 Å². The number of rotatable bonds is 8. The summed E-state index contributed by atoms with van der Waals surface area (Å²) >= 11 is 0. The Bertz CT molecular complexity index is 1900. The van der Waals surface area contributed by atoms with Crippen LogP contribution in [0.3, 0.4) is 0 Å². The molecule has 3 aliphatic rings. The zero-order valence-electron chi connectivity index (χ0n) is 26.9. The Hall–Kier alpha value is -3.98. The Morgan fingerprint density at radius 3 is 2.81 bits per heavy atom. The first-order chi connectivity index (χ1) is 22.5. The fraction of sp³-hybridized carbons (Fsp3) is 0.472. The van der Waals surface area contributed by atoms with Crippen molar-refractivity contribution < 1.29 is 23.0 Å². The zero-order chi connectivity index (χ0) is 33.1. The van der Waals surface area contributed by atoms with E-state index in [1.807, 2.05) is 11.9 Å². The van der Waals surface area contributed by atoms with Gasteiger partial charge in [0, 0.05) is 49.7 Å². The molecule has 0 amide bonds. The standard InChI is InChI=1S/C36H39F3N6O2/c1-5-25-28(38)10-9-21-14-22(35(2,3)46)15-26(29(21)25)31-30(39)32-27(17-41-31)33(44(4)19-24-8-6-12-40-24)43-34(42-32)47-20-36-11-7-13-45(36)18-23(37)16-36/h1,9-10,14-15,17,23-24,40,46H,6-8,11-13,16,18-20H2,2-4H3/t23-,24+,36+/m1/s1. The van der Waals surface area contributed by atoms with Gasteiger partial charge in [-0.05, 0) is 81.8 Å². The van der Waals surface area contributed by atoms with Gasteiger partial charge in [0.1, 0.15) is 35.6 Å². The largest absolute Gasteiger partial charge is 0.461 e. The van der Waals surface area contributed by atoms with Gasteiger partial charge in [0.05, 0.1) is 22.1 Å². The van der Waals surface area contributed by atoms with E-state index in [-0.39, 0.29) is 41.0 Å². The third-order valence-electron chi connectivity index (χ3n) is 10.1. The molecule has 0 unspecified atom stereocenters. The number of pyridine rings is 1. The van der Waals surface area contributed by atoms with E-state index in [9.17, 15) is 9.50 Å². The summed E-state index contributed by atoms with van der Waals surface area (Å²) in [6.45, 7) is 6.17. The van der Waals surface area contributed by atoms with Gasteiger partial charge in [-0.15, -0.1) is 6.42 Å². The van der Waals surface area contributed by atoms with Gasteiger partial charge < -0.3 is 20.1 Å². The molecule has 4 aromatic rings. The average Bonchev–Trinajstić information content (AvgIpc) is 3.76. The van der Waals surface area contributed by atoms with Crippen LogP contribution in [0.5, 0.6) is 6.01 Å². The summed E-state index contributed by atoms with van der Waals surface area (Å²) in [5.41, 5.74) is -1.15. The lowest BCUT2D eigenvalue weighted by Crippen LogP contribution is -2.43. The van der Waals surface area contributed by atoms with Crippen LogP contribution in [-0.2, 0) is 5.60 Å². The van der Waals surface area contributed by atoms with Crippen LogP contribution in [0.4, 0.5) is 19.0 Å². The monoisotopic (exact) mass is 644 g/mol. The van der Waals surface area contributed by atoms with E-state index >= 15 is 8.78 Å². The third-order valence-corrected chi connectivity index (χ3v) is 10.1. The average molecular weight is 645 g/mol. The second kappa shape index (κ2) is 11.9. The van der Waals surface area contributed by atoms with Crippen molar-refractivity contribution in [2.24, 2.45) is 0 Å². The quantitative estimate of drug-likeness (QED) is 0.244. The number of aliphatic hydroxyl groups is 1. The first-order valence-electron chi connectivity index (χ1n) is 16.3. The van der Waals surface area contributed by atoms with Crippen molar-refractivity contribution in [3.63, 3.8) is 0 Å². The SMILES string of the molecule is C#Cc1c(F)ccc2cc(C(C)(C)O)cc(-c3ncc4c(N(C)C[C@@H]5CCCN5)nc(OC[C@@]56CCCN5C[C@H](F)C6)nc4c3F)c12. The lowest BCUT2D eigenvalue weighted by Gasteiger charge is -2.31. The van der Waals surface area contributed by atoms with Gasteiger partial charge in [0.25, 0.3) is 0 Å². The summed E-state index contributed by atoms with van der Waals surface area (Å²) < 4.78 is 52.7. The van der Waals surface area contributed by atoms with E-state index < -0.39 is 28.9 Å². The van der Waals surface area contributed by atoms with Crippen LogP contribution in [-0.4, -0.2) is 82.5 Å². The molecule has 11 heteroatoms. The van der Waals surface area contributed by atoms with Gasteiger partial charge in [-0.2, -0.15) is 9.97 Å². The number of alkyl halides is 1. The third kappa shape index (κ3) is 5.66. The van der Waals surface area contributed by atoms with E-state index in [4.69, 9.17) is 16.1 Å². The molecule has 7 rings (SSSR count). The lowest BCUT2D eigenvalue weighted by atomic mass is 9.89. The second-order valence-corrected chi connectivity index (χ2v) is 13.8. The number of likely N-dealkylation sites (N-methyl/N-ethyl adjacent to an activating group) is 1. The first-order valence-corrected chi connectivity index (χ1v) is 16.3. The van der Waals surface area contributed by atoms with Crippen LogP contribution in [0.1, 0.15) is 57.1 Å². The molecule has 2 N–H and O–H groups in total. The number of hydrogen-bond acceptors (Lipinski definition) is 8. The van der Waals surface area contributed by atoms with Crippen LogP contribution in [0, 0.1) is 24.0 Å². The molecule has 246 valence electrons. The molecular weight excluding hydrogens is 605 g/mol. The number of anilines is 1.